The Balaban J connectivity index is 4.28. The molecule has 376 valence electrons. The third-order valence-corrected chi connectivity index (χ3v) is 11.7. The molecule has 8 nitrogen and oxygen atoms in total. The average Bonchev–Trinajstić information content (AvgIpc) is 3.28. The summed E-state index contributed by atoms with van der Waals surface area (Å²) in [6.07, 6.45) is 69.6. The Labute approximate surface area is 405 Å². The molecule has 0 saturated carbocycles. The highest BCUT2D eigenvalue weighted by Gasteiger charge is 2.28. The van der Waals surface area contributed by atoms with Gasteiger partial charge in [0.25, 0.3) is 0 Å². The Morgan fingerprint density at radius 3 is 1.30 bits per heavy atom. The largest absolute Gasteiger partial charge is 0.472 e. The molecule has 0 spiro atoms. The monoisotopic (exact) mass is 938 g/mol. The molecular formula is C57H98N2O6P+. The second-order valence-electron chi connectivity index (χ2n) is 18.2. The lowest BCUT2D eigenvalue weighted by Crippen LogP contribution is -2.46. The van der Waals surface area contributed by atoms with E-state index >= 15 is 0 Å². The first-order chi connectivity index (χ1) is 32.0. The molecule has 0 heterocycles. The molecule has 1 amide bonds. The summed E-state index contributed by atoms with van der Waals surface area (Å²) in [4.78, 5) is 23.2. The van der Waals surface area contributed by atoms with E-state index in [-0.39, 0.29) is 19.1 Å². The number of quaternary nitrogens is 1. The minimum Gasteiger partial charge on any atom is -0.391 e. The molecule has 3 N–H and O–H groups in total. The molecule has 0 aliphatic heterocycles. The van der Waals surface area contributed by atoms with Crippen molar-refractivity contribution in [3.05, 3.63) is 122 Å². The van der Waals surface area contributed by atoms with Crippen molar-refractivity contribution in [1.82, 2.24) is 5.32 Å². The zero-order valence-corrected chi connectivity index (χ0v) is 43.5. The number of allylic oxidation sites excluding steroid dienone is 20. The van der Waals surface area contributed by atoms with Gasteiger partial charge >= 0.3 is 7.82 Å². The van der Waals surface area contributed by atoms with E-state index in [1.165, 1.54) is 51.4 Å². The molecule has 0 aliphatic rings. The minimum atomic E-state index is -4.34. The molecule has 3 unspecified atom stereocenters. The quantitative estimate of drug-likeness (QED) is 0.0243. The zero-order valence-electron chi connectivity index (χ0n) is 42.6. The van der Waals surface area contributed by atoms with Crippen molar-refractivity contribution in [2.45, 2.75) is 193 Å². The van der Waals surface area contributed by atoms with E-state index in [4.69, 9.17) is 9.05 Å². The summed E-state index contributed by atoms with van der Waals surface area (Å²) in [5.74, 6) is -0.194. The molecule has 9 heteroatoms. The SMILES string of the molecule is CC/C=C\C/C=C\C/C=C\C/C=C\C/C=C\C/C=C\C/C=C\C/C=C\C/C=C\C/C=C\CCCCC(=O)NC(COP(=O)(O)OCC[N+](C)(C)C)C(O)CCCCCCCCCCCCC. The maximum absolute atomic E-state index is 12.9. The molecule has 0 saturated heterocycles. The standard InChI is InChI=1S/C57H97N2O6P/c1-6-8-10-12-14-16-18-19-20-21-22-23-24-25-26-27-28-29-30-31-32-33-34-35-36-37-38-39-41-43-45-47-49-51-57(61)58-55(54-65-66(62,63)64-53-52-59(3,4)5)56(60)50-48-46-44-42-40-17-15-13-11-9-7-2/h8,10,14,16,19-20,22-23,25-26,28-29,31-32,34-35,37-38,41,43,55-56,60H,6-7,9,11-13,15,17-18,21,24,27,30,33,36,39-40,42,44-54H2,1-5H3,(H-,58,61,62,63)/p+1/b10-8-,16-14-,20-19-,23-22-,26-25-,29-28-,32-31-,35-34-,38-37-,43-41-. The maximum atomic E-state index is 12.9. The van der Waals surface area contributed by atoms with Crippen LogP contribution >= 0.6 is 7.82 Å². The molecule has 0 rings (SSSR count). The first-order valence-electron chi connectivity index (χ1n) is 25.9. The smallest absolute Gasteiger partial charge is 0.391 e. The third-order valence-electron chi connectivity index (χ3n) is 10.7. The Hall–Kier alpha value is -3.10. The van der Waals surface area contributed by atoms with Gasteiger partial charge in [-0.1, -0.05) is 206 Å². The van der Waals surface area contributed by atoms with Crippen molar-refractivity contribution in [2.24, 2.45) is 0 Å². The van der Waals surface area contributed by atoms with Gasteiger partial charge in [-0.05, 0) is 89.9 Å². The van der Waals surface area contributed by atoms with Crippen molar-refractivity contribution < 1.29 is 32.9 Å². The van der Waals surface area contributed by atoms with Gasteiger partial charge in [-0.25, -0.2) is 4.57 Å². The number of rotatable bonds is 45. The number of phosphoric acid groups is 1. The number of hydrogen-bond acceptors (Lipinski definition) is 5. The average molecular weight is 938 g/mol. The summed E-state index contributed by atoms with van der Waals surface area (Å²) < 4.78 is 23.6. The van der Waals surface area contributed by atoms with Crippen LogP contribution in [0.15, 0.2) is 122 Å². The van der Waals surface area contributed by atoms with E-state index in [0.717, 1.165) is 96.3 Å². The van der Waals surface area contributed by atoms with Crippen LogP contribution in [0.25, 0.3) is 0 Å². The van der Waals surface area contributed by atoms with Gasteiger partial charge in [0.1, 0.15) is 13.2 Å². The first kappa shape index (κ1) is 62.9. The maximum Gasteiger partial charge on any atom is 0.472 e. The van der Waals surface area contributed by atoms with E-state index in [0.29, 0.717) is 30.3 Å². The van der Waals surface area contributed by atoms with Gasteiger partial charge in [0.2, 0.25) is 5.91 Å². The van der Waals surface area contributed by atoms with Crippen molar-refractivity contribution >= 4 is 13.7 Å². The highest BCUT2D eigenvalue weighted by Crippen LogP contribution is 2.43. The van der Waals surface area contributed by atoms with Gasteiger partial charge in [0.15, 0.2) is 0 Å². The second-order valence-corrected chi connectivity index (χ2v) is 19.6. The van der Waals surface area contributed by atoms with E-state index in [1.807, 2.05) is 21.1 Å². The molecule has 66 heavy (non-hydrogen) atoms. The Bertz CT molecular complexity index is 1480. The predicted octanol–water partition coefficient (Wildman–Crippen LogP) is 15.4. The predicted molar refractivity (Wildman–Crippen MR) is 285 cm³/mol. The van der Waals surface area contributed by atoms with Crippen molar-refractivity contribution in [3.8, 4) is 0 Å². The van der Waals surface area contributed by atoms with Gasteiger partial charge in [0.05, 0.1) is 39.9 Å². The summed E-state index contributed by atoms with van der Waals surface area (Å²) in [6.45, 7) is 4.70. The molecule has 0 fully saturated rings. The number of unbranched alkanes of at least 4 members (excludes halogenated alkanes) is 12. The van der Waals surface area contributed by atoms with Crippen LogP contribution in [0, 0.1) is 0 Å². The molecular weight excluding hydrogens is 840 g/mol. The number of aliphatic hydroxyl groups is 1. The van der Waals surface area contributed by atoms with Crippen LogP contribution in [0.3, 0.4) is 0 Å². The summed E-state index contributed by atoms with van der Waals surface area (Å²) in [7, 11) is 1.56. The Morgan fingerprint density at radius 2 is 0.909 bits per heavy atom. The first-order valence-corrected chi connectivity index (χ1v) is 27.4. The molecule has 0 bridgehead atoms. The summed E-state index contributed by atoms with van der Waals surface area (Å²) in [5.41, 5.74) is 0. The number of phosphoric ester groups is 1. The number of carbonyl (C=O) groups is 1. The third kappa shape index (κ3) is 48.8. The van der Waals surface area contributed by atoms with Crippen LogP contribution in [0.1, 0.15) is 181 Å². The molecule has 3 atom stereocenters. The van der Waals surface area contributed by atoms with Crippen LogP contribution in [0.5, 0.6) is 0 Å². The van der Waals surface area contributed by atoms with Gasteiger partial charge in [-0.2, -0.15) is 0 Å². The molecule has 0 aromatic heterocycles. The fourth-order valence-electron chi connectivity index (χ4n) is 6.66. The zero-order chi connectivity index (χ0) is 48.5. The molecule has 0 radical (unpaired) electrons. The summed E-state index contributed by atoms with van der Waals surface area (Å²) in [5, 5.41) is 13.9. The van der Waals surface area contributed by atoms with Gasteiger partial charge in [-0.15, -0.1) is 0 Å². The molecule has 0 aromatic carbocycles. The minimum absolute atomic E-state index is 0.0589. The number of amides is 1. The normalized spacial score (nSPS) is 15.1. The Kier molecular flexibility index (Phi) is 44.8. The van der Waals surface area contributed by atoms with E-state index in [2.05, 4.69) is 141 Å². The number of hydrogen-bond donors (Lipinski definition) is 3. The van der Waals surface area contributed by atoms with Crippen molar-refractivity contribution in [1.29, 1.82) is 0 Å². The number of likely N-dealkylation sites (N-methyl/N-ethyl adjacent to an activating group) is 1. The molecule has 0 aliphatic carbocycles. The topological polar surface area (TPSA) is 105 Å². The van der Waals surface area contributed by atoms with Crippen LogP contribution < -0.4 is 5.32 Å². The van der Waals surface area contributed by atoms with Crippen LogP contribution in [-0.4, -0.2) is 73.4 Å². The van der Waals surface area contributed by atoms with Crippen molar-refractivity contribution in [2.75, 3.05) is 40.9 Å². The summed E-state index contributed by atoms with van der Waals surface area (Å²) in [6, 6.07) is -0.792. The van der Waals surface area contributed by atoms with Crippen LogP contribution in [0.2, 0.25) is 0 Å². The van der Waals surface area contributed by atoms with Crippen LogP contribution in [0.4, 0.5) is 0 Å². The lowest BCUT2D eigenvalue weighted by Gasteiger charge is -2.26. The van der Waals surface area contributed by atoms with Crippen molar-refractivity contribution in [3.63, 3.8) is 0 Å². The van der Waals surface area contributed by atoms with E-state index < -0.39 is 20.0 Å². The lowest BCUT2D eigenvalue weighted by atomic mass is 10.0. The van der Waals surface area contributed by atoms with E-state index in [1.54, 1.807) is 0 Å². The highest BCUT2D eigenvalue weighted by molar-refractivity contribution is 7.47. The highest BCUT2D eigenvalue weighted by atomic mass is 31.2. The van der Waals surface area contributed by atoms with E-state index in [9.17, 15) is 19.4 Å². The van der Waals surface area contributed by atoms with Gasteiger partial charge in [-0.3, -0.25) is 13.8 Å². The van der Waals surface area contributed by atoms with Crippen LogP contribution in [-0.2, 0) is 18.4 Å². The lowest BCUT2D eigenvalue weighted by molar-refractivity contribution is -0.870. The number of nitrogens with one attached hydrogen (secondary N) is 1. The number of aliphatic hydroxyl groups excluding tert-OH is 1. The summed E-state index contributed by atoms with van der Waals surface area (Å²) >= 11 is 0. The fraction of sp³-hybridized carbons (Fsp3) is 0.632. The van der Waals surface area contributed by atoms with Gasteiger partial charge in [0, 0.05) is 6.42 Å². The molecule has 0 aromatic rings. The second kappa shape index (κ2) is 47.0. The van der Waals surface area contributed by atoms with Gasteiger partial charge < -0.3 is 19.8 Å². The Morgan fingerprint density at radius 1 is 0.530 bits per heavy atom. The number of nitrogens with zero attached hydrogens (tertiary/aromatic N) is 1. The fourth-order valence-corrected chi connectivity index (χ4v) is 7.40. The number of carbonyl (C=O) groups excluding carboxylic acids is 1.